The zero-order chi connectivity index (χ0) is 55.0. The molecular weight excluding hydrogens is 937 g/mol. The minimum absolute atomic E-state index is 0.0726. The smallest absolute Gasteiger partial charge is 0.306 e. The summed E-state index contributed by atoms with van der Waals surface area (Å²) in [5.74, 6) is -0.867. The Morgan fingerprint density at radius 3 is 0.671 bits per heavy atom. The second-order valence-electron chi connectivity index (χ2n) is 23.4. The predicted octanol–water partition coefficient (Wildman–Crippen LogP) is 23.4. The number of hydrogen-bond acceptors (Lipinski definition) is 6. The van der Waals surface area contributed by atoms with Gasteiger partial charge in [-0.15, -0.1) is 0 Å². The van der Waals surface area contributed by atoms with Crippen LogP contribution in [0.4, 0.5) is 0 Å². The van der Waals surface area contributed by atoms with E-state index in [2.05, 4.69) is 45.1 Å². The molecule has 0 saturated carbocycles. The van der Waals surface area contributed by atoms with E-state index in [1.54, 1.807) is 0 Å². The highest BCUT2D eigenvalue weighted by Crippen LogP contribution is 2.19. The lowest BCUT2D eigenvalue weighted by atomic mass is 10.0. The third kappa shape index (κ3) is 62.7. The Kier molecular flexibility index (Phi) is 63.6. The summed E-state index contributed by atoms with van der Waals surface area (Å²) in [6, 6.07) is 0. The van der Waals surface area contributed by atoms with Gasteiger partial charge in [0.1, 0.15) is 13.2 Å². The second-order valence-corrected chi connectivity index (χ2v) is 23.4. The average molecular weight is 1070 g/mol. The molecule has 0 rings (SSSR count). The summed E-state index contributed by atoms with van der Waals surface area (Å²) in [6.45, 7) is 6.66. The van der Waals surface area contributed by atoms with Gasteiger partial charge in [-0.25, -0.2) is 0 Å². The summed E-state index contributed by atoms with van der Waals surface area (Å²) in [5, 5.41) is 0. The summed E-state index contributed by atoms with van der Waals surface area (Å²) < 4.78 is 16.9. The fraction of sp³-hybridized carbons (Fsp3) is 0.900. The van der Waals surface area contributed by atoms with Crippen LogP contribution in [0.5, 0.6) is 0 Å². The van der Waals surface area contributed by atoms with Crippen LogP contribution in [-0.4, -0.2) is 37.2 Å². The summed E-state index contributed by atoms with van der Waals surface area (Å²) in [6.07, 6.45) is 79.4. The van der Waals surface area contributed by atoms with E-state index in [1.807, 2.05) is 0 Å². The van der Waals surface area contributed by atoms with Crippen molar-refractivity contribution >= 4 is 17.9 Å². The molecule has 0 aliphatic rings. The minimum atomic E-state index is -0.776. The van der Waals surface area contributed by atoms with Crippen molar-refractivity contribution in [2.75, 3.05) is 13.2 Å². The van der Waals surface area contributed by atoms with Gasteiger partial charge in [0.2, 0.25) is 0 Å². The molecule has 0 aliphatic carbocycles. The monoisotopic (exact) mass is 1070 g/mol. The highest BCUT2D eigenvalue weighted by atomic mass is 16.6. The highest BCUT2D eigenvalue weighted by Gasteiger charge is 2.19. The van der Waals surface area contributed by atoms with Crippen molar-refractivity contribution in [1.29, 1.82) is 0 Å². The van der Waals surface area contributed by atoms with Crippen LogP contribution >= 0.6 is 0 Å². The maximum Gasteiger partial charge on any atom is 0.306 e. The van der Waals surface area contributed by atoms with E-state index in [9.17, 15) is 14.4 Å². The number of unbranched alkanes of at least 4 members (excludes halogenated alkanes) is 49. The number of hydrogen-bond donors (Lipinski definition) is 0. The van der Waals surface area contributed by atoms with Gasteiger partial charge in [0.05, 0.1) is 0 Å². The van der Waals surface area contributed by atoms with Crippen LogP contribution in [0.15, 0.2) is 24.3 Å². The molecule has 0 radical (unpaired) electrons. The van der Waals surface area contributed by atoms with Crippen LogP contribution in [0, 0.1) is 0 Å². The Bertz CT molecular complexity index is 1230. The van der Waals surface area contributed by atoms with Crippen molar-refractivity contribution < 1.29 is 28.6 Å². The SMILES string of the molecule is CCCCCC/C=C\CCCCCCCC(=O)OCC(COC(=O)CCCCCCCCCCCCCCCCCCCCCCCCCCCCCCCCCC)OC(=O)CCCCCCC/C=C\CCCCCC. The number of carbonyl (C=O) groups excluding carboxylic acids is 3. The minimum Gasteiger partial charge on any atom is -0.462 e. The molecule has 448 valence electrons. The molecule has 0 heterocycles. The summed E-state index contributed by atoms with van der Waals surface area (Å²) in [7, 11) is 0. The Labute approximate surface area is 474 Å². The van der Waals surface area contributed by atoms with Crippen LogP contribution in [-0.2, 0) is 28.6 Å². The summed E-state index contributed by atoms with van der Waals surface area (Å²) >= 11 is 0. The van der Waals surface area contributed by atoms with Gasteiger partial charge in [-0.3, -0.25) is 14.4 Å². The van der Waals surface area contributed by atoms with Crippen LogP contribution in [0.3, 0.4) is 0 Å². The summed E-state index contributed by atoms with van der Waals surface area (Å²) in [4.78, 5) is 38.2. The van der Waals surface area contributed by atoms with E-state index in [4.69, 9.17) is 14.2 Å². The number of esters is 3. The molecule has 76 heavy (non-hydrogen) atoms. The Hall–Kier alpha value is -2.11. The summed E-state index contributed by atoms with van der Waals surface area (Å²) in [5.41, 5.74) is 0. The molecular formula is C70H132O6. The van der Waals surface area contributed by atoms with Gasteiger partial charge in [0, 0.05) is 19.3 Å². The molecule has 6 heteroatoms. The van der Waals surface area contributed by atoms with Crippen molar-refractivity contribution in [3.8, 4) is 0 Å². The van der Waals surface area contributed by atoms with Crippen molar-refractivity contribution in [3.63, 3.8) is 0 Å². The van der Waals surface area contributed by atoms with Crippen LogP contribution in [0.1, 0.15) is 387 Å². The normalized spacial score (nSPS) is 12.1. The predicted molar refractivity (Wildman–Crippen MR) is 330 cm³/mol. The van der Waals surface area contributed by atoms with E-state index in [0.717, 1.165) is 70.6 Å². The topological polar surface area (TPSA) is 78.9 Å². The first-order chi connectivity index (χ1) is 37.5. The molecule has 0 amide bonds. The molecule has 0 aliphatic heterocycles. The third-order valence-corrected chi connectivity index (χ3v) is 15.7. The number of carbonyl (C=O) groups is 3. The van der Waals surface area contributed by atoms with E-state index in [0.29, 0.717) is 19.3 Å². The van der Waals surface area contributed by atoms with Crippen molar-refractivity contribution in [1.82, 2.24) is 0 Å². The number of rotatable bonds is 64. The molecule has 0 fully saturated rings. The van der Waals surface area contributed by atoms with E-state index >= 15 is 0 Å². The van der Waals surface area contributed by atoms with Crippen LogP contribution in [0.25, 0.3) is 0 Å². The third-order valence-electron chi connectivity index (χ3n) is 15.7. The maximum absolute atomic E-state index is 12.9. The lowest BCUT2D eigenvalue weighted by molar-refractivity contribution is -0.167. The standard InChI is InChI=1S/C70H132O6/c1-4-7-10-13-16-19-22-25-26-27-28-29-30-31-32-33-34-35-36-37-38-39-40-41-42-43-46-48-51-54-57-60-63-69(72)75-66-67(76-70(73)64-61-58-55-52-49-45-24-21-18-15-12-9-6-3)65-74-68(71)62-59-56-53-50-47-44-23-20-17-14-11-8-5-2/h20-21,23-24,67H,4-19,22,25-66H2,1-3H3/b23-20-,24-21-. The second kappa shape index (κ2) is 65.4. The highest BCUT2D eigenvalue weighted by molar-refractivity contribution is 5.71. The van der Waals surface area contributed by atoms with Gasteiger partial charge >= 0.3 is 17.9 Å². The van der Waals surface area contributed by atoms with Crippen LogP contribution in [0.2, 0.25) is 0 Å². The molecule has 0 aromatic carbocycles. The molecule has 0 spiro atoms. The van der Waals surface area contributed by atoms with Crippen LogP contribution < -0.4 is 0 Å². The average Bonchev–Trinajstić information content (AvgIpc) is 3.42. The fourth-order valence-electron chi connectivity index (χ4n) is 10.5. The van der Waals surface area contributed by atoms with Gasteiger partial charge in [0.15, 0.2) is 6.10 Å². The van der Waals surface area contributed by atoms with Gasteiger partial charge in [0.25, 0.3) is 0 Å². The first-order valence-corrected chi connectivity index (χ1v) is 34.3. The lowest BCUT2D eigenvalue weighted by Crippen LogP contribution is -2.30. The first-order valence-electron chi connectivity index (χ1n) is 34.3. The number of ether oxygens (including phenoxy) is 3. The zero-order valence-corrected chi connectivity index (χ0v) is 51.6. The largest absolute Gasteiger partial charge is 0.462 e. The van der Waals surface area contributed by atoms with Crippen molar-refractivity contribution in [2.24, 2.45) is 0 Å². The Balaban J connectivity index is 4.05. The van der Waals surface area contributed by atoms with Crippen molar-refractivity contribution in [2.45, 2.75) is 393 Å². The molecule has 0 bridgehead atoms. The van der Waals surface area contributed by atoms with Gasteiger partial charge in [-0.05, 0) is 70.6 Å². The molecule has 1 atom stereocenters. The van der Waals surface area contributed by atoms with E-state index in [1.165, 1.54) is 276 Å². The first kappa shape index (κ1) is 73.9. The Morgan fingerprint density at radius 2 is 0.434 bits per heavy atom. The van der Waals surface area contributed by atoms with Gasteiger partial charge in [-0.2, -0.15) is 0 Å². The van der Waals surface area contributed by atoms with E-state index in [-0.39, 0.29) is 31.1 Å². The fourth-order valence-corrected chi connectivity index (χ4v) is 10.5. The molecule has 0 saturated heterocycles. The molecule has 6 nitrogen and oxygen atoms in total. The molecule has 0 N–H and O–H groups in total. The number of allylic oxidation sites excluding steroid dienone is 4. The van der Waals surface area contributed by atoms with Crippen molar-refractivity contribution in [3.05, 3.63) is 24.3 Å². The molecule has 0 aromatic rings. The van der Waals surface area contributed by atoms with Gasteiger partial charge in [-0.1, -0.05) is 321 Å². The lowest BCUT2D eigenvalue weighted by Gasteiger charge is -2.18. The zero-order valence-electron chi connectivity index (χ0n) is 51.6. The molecule has 0 aromatic heterocycles. The quantitative estimate of drug-likeness (QED) is 0.0261. The Morgan fingerprint density at radius 1 is 0.250 bits per heavy atom. The van der Waals surface area contributed by atoms with E-state index < -0.39 is 6.10 Å². The maximum atomic E-state index is 12.9. The van der Waals surface area contributed by atoms with Gasteiger partial charge < -0.3 is 14.2 Å². The molecule has 1 unspecified atom stereocenters.